The Bertz CT molecular complexity index is 828. The number of rotatable bonds is 5. The van der Waals surface area contributed by atoms with Gasteiger partial charge < -0.3 is 19.0 Å². The first-order chi connectivity index (χ1) is 14.1. The van der Waals surface area contributed by atoms with Crippen LogP contribution in [-0.4, -0.2) is 74.8 Å². The molecular weight excluding hydrogens is 374 g/mol. The van der Waals surface area contributed by atoms with Crippen molar-refractivity contribution in [3.8, 4) is 0 Å². The molecule has 1 atom stereocenters. The Morgan fingerprint density at radius 3 is 2.76 bits per heavy atom. The molecule has 0 radical (unpaired) electrons. The van der Waals surface area contributed by atoms with Crippen molar-refractivity contribution in [2.45, 2.75) is 51.2 Å². The third kappa shape index (κ3) is 4.50. The molecule has 2 amide bonds. The van der Waals surface area contributed by atoms with Crippen LogP contribution in [0.3, 0.4) is 0 Å². The number of hydrogen-bond donors (Lipinski definition) is 0. The Morgan fingerprint density at radius 2 is 2.03 bits per heavy atom. The number of hydrogen-bond acceptors (Lipinski definition) is 6. The molecule has 2 saturated heterocycles. The van der Waals surface area contributed by atoms with Gasteiger partial charge in [0.25, 0.3) is 5.91 Å². The smallest absolute Gasteiger partial charge is 0.289 e. The minimum atomic E-state index is -0.130. The molecule has 4 rings (SSSR count). The number of furan rings is 1. The van der Waals surface area contributed by atoms with Crippen molar-refractivity contribution in [3.05, 3.63) is 36.3 Å². The van der Waals surface area contributed by atoms with E-state index in [1.807, 2.05) is 9.80 Å². The predicted molar refractivity (Wildman–Crippen MR) is 103 cm³/mol. The minimum Gasteiger partial charge on any atom is -0.454 e. The van der Waals surface area contributed by atoms with Crippen LogP contribution in [-0.2, 0) is 16.1 Å². The molecule has 156 valence electrons. The highest BCUT2D eigenvalue weighted by atomic mass is 16.5. The summed E-state index contributed by atoms with van der Waals surface area (Å²) in [5, 5.41) is 4.05. The van der Waals surface area contributed by atoms with Crippen LogP contribution in [0, 0.1) is 0 Å². The topological polar surface area (TPSA) is 93.7 Å². The van der Waals surface area contributed by atoms with E-state index in [0.717, 1.165) is 25.7 Å². The Balaban J connectivity index is 1.42. The lowest BCUT2D eigenvalue weighted by molar-refractivity contribution is -0.137. The molecule has 9 heteroatoms. The van der Waals surface area contributed by atoms with Gasteiger partial charge in [0.15, 0.2) is 5.76 Å². The zero-order valence-corrected chi connectivity index (χ0v) is 16.7. The average molecular weight is 401 g/mol. The molecule has 2 aromatic heterocycles. The number of ether oxygens (including phenoxy) is 1. The summed E-state index contributed by atoms with van der Waals surface area (Å²) < 4.78 is 12.8. The molecule has 0 aliphatic carbocycles. The maximum absolute atomic E-state index is 13.0. The van der Waals surface area contributed by atoms with E-state index in [-0.39, 0.29) is 23.9 Å². The van der Waals surface area contributed by atoms with Gasteiger partial charge in [-0.1, -0.05) is 0 Å². The molecule has 2 aliphatic rings. The van der Waals surface area contributed by atoms with E-state index in [1.54, 1.807) is 30.1 Å². The maximum Gasteiger partial charge on any atom is 0.289 e. The van der Waals surface area contributed by atoms with Crippen molar-refractivity contribution in [3.63, 3.8) is 0 Å². The highest BCUT2D eigenvalue weighted by molar-refractivity contribution is 5.91. The molecule has 4 heterocycles. The summed E-state index contributed by atoms with van der Waals surface area (Å²) in [6.07, 6.45) is 6.56. The lowest BCUT2D eigenvalue weighted by Gasteiger charge is -2.43. The summed E-state index contributed by atoms with van der Waals surface area (Å²) in [6.45, 7) is 4.63. The van der Waals surface area contributed by atoms with Gasteiger partial charge in [-0.15, -0.1) is 0 Å². The number of amides is 2. The number of aromatic nitrogens is 3. The van der Waals surface area contributed by atoms with Crippen LogP contribution in [0.15, 0.2) is 29.2 Å². The van der Waals surface area contributed by atoms with E-state index in [4.69, 9.17) is 9.15 Å². The Labute approximate surface area is 169 Å². The highest BCUT2D eigenvalue weighted by Gasteiger charge is 2.35. The van der Waals surface area contributed by atoms with Crippen molar-refractivity contribution < 1.29 is 18.7 Å². The second-order valence-corrected chi connectivity index (χ2v) is 7.68. The lowest BCUT2D eigenvalue weighted by atomic mass is 9.98. The first-order valence-corrected chi connectivity index (χ1v) is 10.2. The molecule has 0 bridgehead atoms. The summed E-state index contributed by atoms with van der Waals surface area (Å²) >= 11 is 0. The van der Waals surface area contributed by atoms with Gasteiger partial charge in [0.05, 0.1) is 0 Å². The fourth-order valence-corrected chi connectivity index (χ4v) is 4.35. The normalized spacial score (nSPS) is 20.6. The van der Waals surface area contributed by atoms with Crippen LogP contribution in [0.25, 0.3) is 0 Å². The van der Waals surface area contributed by atoms with Gasteiger partial charge in [-0.25, -0.2) is 9.67 Å². The lowest BCUT2D eigenvalue weighted by Crippen LogP contribution is -2.55. The van der Waals surface area contributed by atoms with Crippen molar-refractivity contribution in [1.82, 2.24) is 24.6 Å². The van der Waals surface area contributed by atoms with E-state index in [9.17, 15) is 9.59 Å². The molecule has 1 unspecified atom stereocenters. The van der Waals surface area contributed by atoms with Gasteiger partial charge in [0.2, 0.25) is 5.91 Å². The predicted octanol–water partition coefficient (Wildman–Crippen LogP) is 1.55. The van der Waals surface area contributed by atoms with Gasteiger partial charge in [-0.3, -0.25) is 9.59 Å². The third-order valence-electron chi connectivity index (χ3n) is 5.68. The molecule has 2 fully saturated rings. The van der Waals surface area contributed by atoms with Crippen molar-refractivity contribution in [1.29, 1.82) is 0 Å². The molecule has 0 N–H and O–H groups in total. The van der Waals surface area contributed by atoms with Crippen molar-refractivity contribution >= 4 is 11.8 Å². The Morgan fingerprint density at radius 1 is 1.21 bits per heavy atom. The molecule has 2 aliphatic heterocycles. The first-order valence-electron chi connectivity index (χ1n) is 10.2. The molecule has 2 aromatic rings. The van der Waals surface area contributed by atoms with Gasteiger partial charge in [0.1, 0.15) is 25.0 Å². The summed E-state index contributed by atoms with van der Waals surface area (Å²) in [5.41, 5.74) is 0. The van der Waals surface area contributed by atoms with E-state index < -0.39 is 0 Å². The Hall–Kier alpha value is -2.68. The maximum atomic E-state index is 13.0. The number of likely N-dealkylation sites (tertiary alicyclic amines) is 1. The summed E-state index contributed by atoms with van der Waals surface area (Å²) in [6, 6.07) is 3.73. The third-order valence-corrected chi connectivity index (χ3v) is 5.68. The van der Waals surface area contributed by atoms with E-state index >= 15 is 0 Å². The second kappa shape index (κ2) is 8.77. The number of nitrogens with zero attached hydrogens (tertiary/aromatic N) is 5. The average Bonchev–Trinajstić information content (AvgIpc) is 3.41. The van der Waals surface area contributed by atoms with Gasteiger partial charge in [-0.05, 0) is 37.8 Å². The largest absolute Gasteiger partial charge is 0.454 e. The fourth-order valence-electron chi connectivity index (χ4n) is 4.35. The molecule has 29 heavy (non-hydrogen) atoms. The SMILES string of the molecule is CC(=O)N(C1CCOCC1)C1CCCN(C(=O)c2ccc(Cn3cncn3)o2)C1. The highest BCUT2D eigenvalue weighted by Crippen LogP contribution is 2.24. The van der Waals surface area contributed by atoms with Crippen molar-refractivity contribution in [2.24, 2.45) is 0 Å². The van der Waals surface area contributed by atoms with Crippen LogP contribution < -0.4 is 0 Å². The minimum absolute atomic E-state index is 0.0397. The second-order valence-electron chi connectivity index (χ2n) is 7.68. The number of piperidine rings is 1. The number of carbonyl (C=O) groups excluding carboxylic acids is 2. The molecular formula is C20H27N5O4. The summed E-state index contributed by atoms with van der Waals surface area (Å²) in [7, 11) is 0. The summed E-state index contributed by atoms with van der Waals surface area (Å²) in [5.74, 6) is 0.917. The van der Waals surface area contributed by atoms with E-state index in [2.05, 4.69) is 10.1 Å². The first kappa shape index (κ1) is 19.6. The van der Waals surface area contributed by atoms with Crippen LogP contribution in [0.5, 0.6) is 0 Å². The van der Waals surface area contributed by atoms with Crippen LogP contribution >= 0.6 is 0 Å². The van der Waals surface area contributed by atoms with Crippen LogP contribution in [0.4, 0.5) is 0 Å². The van der Waals surface area contributed by atoms with E-state index in [0.29, 0.717) is 44.4 Å². The standard InChI is InChI=1S/C20H27N5O4/c1-15(26)25(16-6-9-28-10-7-16)17-3-2-8-23(11-17)20(27)19-5-4-18(29-19)12-24-14-21-13-22-24/h4-5,13-14,16-17H,2-3,6-12H2,1H3. The molecule has 0 spiro atoms. The van der Waals surface area contributed by atoms with Gasteiger partial charge in [0, 0.05) is 45.3 Å². The van der Waals surface area contributed by atoms with Crippen molar-refractivity contribution in [2.75, 3.05) is 26.3 Å². The number of carbonyl (C=O) groups is 2. The fraction of sp³-hybridized carbons (Fsp3) is 0.600. The van der Waals surface area contributed by atoms with Crippen LogP contribution in [0.1, 0.15) is 48.9 Å². The quantitative estimate of drug-likeness (QED) is 0.755. The summed E-state index contributed by atoms with van der Waals surface area (Å²) in [4.78, 5) is 33.1. The molecule has 9 nitrogen and oxygen atoms in total. The van der Waals surface area contributed by atoms with E-state index in [1.165, 1.54) is 6.33 Å². The van der Waals surface area contributed by atoms with Crippen LogP contribution in [0.2, 0.25) is 0 Å². The monoisotopic (exact) mass is 401 g/mol. The zero-order valence-electron chi connectivity index (χ0n) is 16.7. The molecule has 0 aromatic carbocycles. The molecule has 0 saturated carbocycles. The zero-order chi connectivity index (χ0) is 20.2. The van der Waals surface area contributed by atoms with Gasteiger partial charge >= 0.3 is 0 Å². The Kier molecular flexibility index (Phi) is 5.94. The van der Waals surface area contributed by atoms with Gasteiger partial charge in [-0.2, -0.15) is 5.10 Å².